The molecule has 0 saturated carbocycles. The fourth-order valence-electron chi connectivity index (χ4n) is 2.60. The smallest absolute Gasteiger partial charge is 0.243 e. The molecular weight excluding hydrogens is 326 g/mol. The third kappa shape index (κ3) is 4.74. The first-order valence-corrected chi connectivity index (χ1v) is 9.08. The zero-order valence-electron chi connectivity index (χ0n) is 14.0. The lowest BCUT2D eigenvalue weighted by atomic mass is 10.1. The number of rotatable bonds is 6. The molecule has 1 atom stereocenters. The first-order valence-electron chi connectivity index (χ1n) is 7.93. The summed E-state index contributed by atoms with van der Waals surface area (Å²) in [6.07, 6.45) is -0.00344. The minimum Gasteiger partial charge on any atom is -0.359 e. The highest BCUT2D eigenvalue weighted by Gasteiger charge is 2.34. The minimum absolute atomic E-state index is 0.00344. The number of nitrogens with one attached hydrogen (secondary N) is 2. The summed E-state index contributed by atoms with van der Waals surface area (Å²) in [6.45, 7) is 2.92. The Kier molecular flexibility index (Phi) is 6.66. The number of thioether (sulfide) groups is 1. The number of hydrogen-bond acceptors (Lipinski definition) is 4. The summed E-state index contributed by atoms with van der Waals surface area (Å²) in [6, 6.07) is 7.36. The zero-order valence-corrected chi connectivity index (χ0v) is 14.8. The van der Waals surface area contributed by atoms with Crippen molar-refractivity contribution in [1.82, 2.24) is 15.5 Å². The van der Waals surface area contributed by atoms with Crippen LogP contribution in [0.3, 0.4) is 0 Å². The maximum absolute atomic E-state index is 12.5. The van der Waals surface area contributed by atoms with E-state index in [-0.39, 0.29) is 24.1 Å². The Labute approximate surface area is 146 Å². The molecule has 0 aliphatic carbocycles. The third-order valence-electron chi connectivity index (χ3n) is 4.05. The van der Waals surface area contributed by atoms with Gasteiger partial charge in [-0.15, -0.1) is 11.8 Å². The number of nitrogens with zero attached hydrogens (tertiary/aromatic N) is 1. The van der Waals surface area contributed by atoms with Crippen molar-refractivity contribution in [3.8, 4) is 0 Å². The molecule has 1 aliphatic heterocycles. The molecule has 1 aromatic rings. The molecule has 0 unspecified atom stereocenters. The van der Waals surface area contributed by atoms with Crippen LogP contribution >= 0.6 is 11.8 Å². The van der Waals surface area contributed by atoms with Gasteiger partial charge in [-0.2, -0.15) is 0 Å². The second-order valence-corrected chi connectivity index (χ2v) is 6.68. The largest absolute Gasteiger partial charge is 0.359 e. The van der Waals surface area contributed by atoms with Gasteiger partial charge in [0.25, 0.3) is 0 Å². The molecule has 0 radical (unpaired) electrons. The molecule has 1 aromatic carbocycles. The van der Waals surface area contributed by atoms with Crippen LogP contribution < -0.4 is 10.6 Å². The first-order chi connectivity index (χ1) is 11.5. The van der Waals surface area contributed by atoms with Crippen molar-refractivity contribution in [3.63, 3.8) is 0 Å². The average Bonchev–Trinajstić information content (AvgIpc) is 2.58. The van der Waals surface area contributed by atoms with E-state index in [2.05, 4.69) is 16.7 Å². The van der Waals surface area contributed by atoms with Gasteiger partial charge in [0, 0.05) is 25.9 Å². The van der Waals surface area contributed by atoms with E-state index in [4.69, 9.17) is 0 Å². The molecule has 0 bridgehead atoms. The van der Waals surface area contributed by atoms with Crippen molar-refractivity contribution in [3.05, 3.63) is 35.4 Å². The highest BCUT2D eigenvalue weighted by Crippen LogP contribution is 2.18. The highest BCUT2D eigenvalue weighted by atomic mass is 32.2. The number of piperazine rings is 1. The number of aryl methyl sites for hydroxylation is 1. The summed E-state index contributed by atoms with van der Waals surface area (Å²) in [5.74, 6) is 0.437. The van der Waals surface area contributed by atoms with E-state index in [0.717, 1.165) is 5.75 Å². The Balaban J connectivity index is 1.92. The molecule has 3 amide bonds. The maximum Gasteiger partial charge on any atom is 0.243 e. The van der Waals surface area contributed by atoms with Crippen LogP contribution in [0.15, 0.2) is 24.3 Å². The predicted molar refractivity (Wildman–Crippen MR) is 94.5 cm³/mol. The lowest BCUT2D eigenvalue weighted by Crippen LogP contribution is -2.58. The van der Waals surface area contributed by atoms with E-state index in [1.165, 1.54) is 34.8 Å². The number of carbonyl (C=O) groups excluding carboxylic acids is 3. The molecule has 24 heavy (non-hydrogen) atoms. The Bertz CT molecular complexity index is 621. The first kappa shape index (κ1) is 18.3. The number of hydrogen-bond donors (Lipinski definition) is 2. The van der Waals surface area contributed by atoms with Crippen LogP contribution in [0.5, 0.6) is 0 Å². The van der Waals surface area contributed by atoms with Crippen molar-refractivity contribution in [2.75, 3.05) is 25.9 Å². The van der Waals surface area contributed by atoms with Crippen LogP contribution in [-0.4, -0.2) is 54.6 Å². The molecule has 7 heteroatoms. The van der Waals surface area contributed by atoms with E-state index >= 15 is 0 Å². The molecule has 1 heterocycles. The summed E-state index contributed by atoms with van der Waals surface area (Å²) in [4.78, 5) is 37.6. The Morgan fingerprint density at radius 1 is 1.38 bits per heavy atom. The highest BCUT2D eigenvalue weighted by molar-refractivity contribution is 7.99. The van der Waals surface area contributed by atoms with Gasteiger partial charge in [0.2, 0.25) is 17.7 Å². The van der Waals surface area contributed by atoms with Gasteiger partial charge in [0.05, 0.1) is 12.2 Å². The van der Waals surface area contributed by atoms with Crippen LogP contribution in [0, 0.1) is 6.92 Å². The third-order valence-corrected chi connectivity index (χ3v) is 5.02. The average molecular weight is 349 g/mol. The van der Waals surface area contributed by atoms with Gasteiger partial charge in [-0.1, -0.05) is 24.3 Å². The fourth-order valence-corrected chi connectivity index (χ4v) is 3.58. The molecular formula is C17H23N3O3S. The SMILES string of the molecule is CNC(=O)C[C@H]1C(=O)NCCN1C(=O)CSCc1ccccc1C. The number of benzene rings is 1. The topological polar surface area (TPSA) is 78.5 Å². The second-order valence-electron chi connectivity index (χ2n) is 5.69. The van der Waals surface area contributed by atoms with Crippen molar-refractivity contribution in [2.45, 2.75) is 25.1 Å². The minimum atomic E-state index is -0.717. The Morgan fingerprint density at radius 2 is 2.12 bits per heavy atom. The van der Waals surface area contributed by atoms with E-state index in [0.29, 0.717) is 18.8 Å². The molecule has 1 saturated heterocycles. The normalized spacial score (nSPS) is 17.3. The van der Waals surface area contributed by atoms with E-state index in [1.54, 1.807) is 0 Å². The van der Waals surface area contributed by atoms with Crippen LogP contribution in [0.4, 0.5) is 0 Å². The second kappa shape index (κ2) is 8.73. The van der Waals surface area contributed by atoms with Crippen LogP contribution in [0.2, 0.25) is 0 Å². The molecule has 130 valence electrons. The summed E-state index contributed by atoms with van der Waals surface area (Å²) in [7, 11) is 1.52. The van der Waals surface area contributed by atoms with Gasteiger partial charge in [0.1, 0.15) is 6.04 Å². The standard InChI is InChI=1S/C17H23N3O3S/c1-12-5-3-4-6-13(12)10-24-11-16(22)20-8-7-19-17(23)14(20)9-15(21)18-2/h3-6,14H,7-11H2,1-2H3,(H,18,21)(H,19,23)/t14-/m0/s1. The number of amides is 3. The van der Waals surface area contributed by atoms with Crippen molar-refractivity contribution in [2.24, 2.45) is 0 Å². The van der Waals surface area contributed by atoms with Gasteiger partial charge in [-0.05, 0) is 18.1 Å². The fraction of sp³-hybridized carbons (Fsp3) is 0.471. The summed E-state index contributed by atoms with van der Waals surface area (Å²) >= 11 is 1.53. The lowest BCUT2D eigenvalue weighted by Gasteiger charge is -2.34. The van der Waals surface area contributed by atoms with Crippen molar-refractivity contribution < 1.29 is 14.4 Å². The summed E-state index contributed by atoms with van der Waals surface area (Å²) in [5, 5.41) is 5.22. The monoisotopic (exact) mass is 349 g/mol. The molecule has 1 fully saturated rings. The van der Waals surface area contributed by atoms with Gasteiger partial charge >= 0.3 is 0 Å². The molecule has 0 spiro atoms. The summed E-state index contributed by atoms with van der Waals surface area (Å²) < 4.78 is 0. The van der Waals surface area contributed by atoms with Gasteiger partial charge in [-0.25, -0.2) is 0 Å². The summed E-state index contributed by atoms with van der Waals surface area (Å²) in [5.41, 5.74) is 2.40. The van der Waals surface area contributed by atoms with Crippen LogP contribution in [-0.2, 0) is 20.1 Å². The quantitative estimate of drug-likeness (QED) is 0.792. The molecule has 6 nitrogen and oxygen atoms in total. The van der Waals surface area contributed by atoms with Gasteiger partial charge < -0.3 is 15.5 Å². The lowest BCUT2D eigenvalue weighted by molar-refractivity contribution is -0.143. The van der Waals surface area contributed by atoms with E-state index in [1.807, 2.05) is 25.1 Å². The molecule has 2 rings (SSSR count). The van der Waals surface area contributed by atoms with Crippen molar-refractivity contribution >= 4 is 29.5 Å². The predicted octanol–water partition coefficient (Wildman–Crippen LogP) is 0.691. The van der Waals surface area contributed by atoms with Crippen LogP contribution in [0.25, 0.3) is 0 Å². The van der Waals surface area contributed by atoms with Crippen molar-refractivity contribution in [1.29, 1.82) is 0 Å². The Morgan fingerprint density at radius 3 is 2.83 bits per heavy atom. The van der Waals surface area contributed by atoms with Gasteiger partial charge in [0.15, 0.2) is 0 Å². The molecule has 2 N–H and O–H groups in total. The Hall–Kier alpha value is -2.02. The molecule has 1 aliphatic rings. The van der Waals surface area contributed by atoms with Gasteiger partial charge in [-0.3, -0.25) is 14.4 Å². The maximum atomic E-state index is 12.5. The number of carbonyl (C=O) groups is 3. The van der Waals surface area contributed by atoms with E-state index < -0.39 is 6.04 Å². The van der Waals surface area contributed by atoms with Crippen LogP contribution in [0.1, 0.15) is 17.5 Å². The van der Waals surface area contributed by atoms with E-state index in [9.17, 15) is 14.4 Å². The zero-order chi connectivity index (χ0) is 17.5. The molecule has 0 aromatic heterocycles.